The molecule has 3 aromatic rings. The lowest BCUT2D eigenvalue weighted by molar-refractivity contribution is 0.435. The maximum Gasteiger partial charge on any atom is 0.232 e. The van der Waals surface area contributed by atoms with E-state index in [-0.39, 0.29) is 5.41 Å². The Morgan fingerprint density at radius 2 is 1.71 bits per heavy atom. The van der Waals surface area contributed by atoms with Crippen molar-refractivity contribution in [3.8, 4) is 0 Å². The van der Waals surface area contributed by atoms with Crippen LogP contribution in [0, 0.1) is 0 Å². The van der Waals surface area contributed by atoms with Gasteiger partial charge in [-0.1, -0.05) is 43.2 Å². The summed E-state index contributed by atoms with van der Waals surface area (Å²) < 4.78 is 0. The third-order valence-corrected chi connectivity index (χ3v) is 7.67. The van der Waals surface area contributed by atoms with E-state index in [4.69, 9.17) is 22.2 Å². The molecule has 2 aliphatic rings. The fourth-order valence-electron chi connectivity index (χ4n) is 4.87. The summed E-state index contributed by atoms with van der Waals surface area (Å²) in [5, 5.41) is 8.71. The number of hydrogen-bond acceptors (Lipinski definition) is 7. The molecule has 0 spiro atoms. The molecular formula is C25H29N7S2. The molecule has 0 atom stereocenters. The topological polar surface area (TPSA) is 78.9 Å². The van der Waals surface area contributed by atoms with Crippen molar-refractivity contribution in [3.05, 3.63) is 60.4 Å². The number of rotatable bonds is 7. The number of nitrogens with zero attached hydrogens (tertiary/aromatic N) is 5. The van der Waals surface area contributed by atoms with Crippen molar-refractivity contribution in [2.24, 2.45) is 0 Å². The van der Waals surface area contributed by atoms with Crippen molar-refractivity contribution in [1.29, 1.82) is 0 Å². The van der Waals surface area contributed by atoms with Crippen molar-refractivity contribution in [2.75, 3.05) is 29.9 Å². The average Bonchev–Trinajstić information content (AvgIpc) is 3.57. The maximum absolute atomic E-state index is 5.67. The van der Waals surface area contributed by atoms with Gasteiger partial charge in [-0.05, 0) is 61.3 Å². The number of benzene rings is 1. The van der Waals surface area contributed by atoms with Crippen molar-refractivity contribution >= 4 is 40.9 Å². The van der Waals surface area contributed by atoms with Gasteiger partial charge in [-0.25, -0.2) is 15.0 Å². The monoisotopic (exact) mass is 491 g/mol. The minimum Gasteiger partial charge on any atom is -0.361 e. The lowest BCUT2D eigenvalue weighted by Crippen LogP contribution is -2.41. The van der Waals surface area contributed by atoms with E-state index < -0.39 is 0 Å². The predicted octanol–water partition coefficient (Wildman–Crippen LogP) is 4.82. The maximum atomic E-state index is 5.67. The molecule has 2 N–H and O–H groups in total. The second kappa shape index (κ2) is 10.7. The zero-order valence-corrected chi connectivity index (χ0v) is 20.7. The van der Waals surface area contributed by atoms with Gasteiger partial charge in [-0.3, -0.25) is 0 Å². The van der Waals surface area contributed by atoms with E-state index in [1.807, 2.05) is 12.1 Å². The van der Waals surface area contributed by atoms with Crippen LogP contribution in [0.15, 0.2) is 65.0 Å². The van der Waals surface area contributed by atoms with Crippen molar-refractivity contribution < 1.29 is 0 Å². The molecule has 2 fully saturated rings. The SMILES string of the molecule is S=C(NCC1(c2ccccc2)CCCC1)Nc1nc(Sc2ncccn2)cc(N2CCCC2)n1. The van der Waals surface area contributed by atoms with Gasteiger partial charge in [-0.2, -0.15) is 4.98 Å². The first-order valence-corrected chi connectivity index (χ1v) is 13.1. The zero-order valence-electron chi connectivity index (χ0n) is 19.1. The minimum atomic E-state index is 0.122. The molecule has 0 amide bonds. The molecule has 5 rings (SSSR count). The van der Waals surface area contributed by atoms with Crippen LogP contribution >= 0.6 is 24.0 Å². The molecule has 0 bridgehead atoms. The van der Waals surface area contributed by atoms with Crippen LogP contribution in [-0.4, -0.2) is 44.7 Å². The highest BCUT2D eigenvalue weighted by Gasteiger charge is 2.35. The third kappa shape index (κ3) is 5.47. The number of aromatic nitrogens is 4. The highest BCUT2D eigenvalue weighted by molar-refractivity contribution is 7.99. The summed E-state index contributed by atoms with van der Waals surface area (Å²) >= 11 is 7.10. The van der Waals surface area contributed by atoms with Crippen LogP contribution in [0.2, 0.25) is 0 Å². The van der Waals surface area contributed by atoms with Crippen LogP contribution in [-0.2, 0) is 5.41 Å². The molecule has 1 aliphatic heterocycles. The van der Waals surface area contributed by atoms with Gasteiger partial charge < -0.3 is 15.5 Å². The van der Waals surface area contributed by atoms with Gasteiger partial charge in [0.15, 0.2) is 10.3 Å². The Morgan fingerprint density at radius 3 is 2.44 bits per heavy atom. The summed E-state index contributed by atoms with van der Waals surface area (Å²) in [5.41, 5.74) is 1.51. The van der Waals surface area contributed by atoms with Gasteiger partial charge in [0, 0.05) is 43.5 Å². The van der Waals surface area contributed by atoms with E-state index in [2.05, 4.69) is 55.8 Å². The van der Waals surface area contributed by atoms with Crippen LogP contribution in [0.1, 0.15) is 44.1 Å². The number of hydrogen-bond donors (Lipinski definition) is 2. The first-order chi connectivity index (χ1) is 16.7. The van der Waals surface area contributed by atoms with Crippen LogP contribution in [0.3, 0.4) is 0 Å². The summed E-state index contributed by atoms with van der Waals surface area (Å²) in [6.45, 7) is 2.81. The normalized spacial score (nSPS) is 17.0. The predicted molar refractivity (Wildman–Crippen MR) is 140 cm³/mol. The molecule has 1 saturated heterocycles. The van der Waals surface area contributed by atoms with Gasteiger partial charge >= 0.3 is 0 Å². The van der Waals surface area contributed by atoms with Crippen molar-refractivity contribution in [3.63, 3.8) is 0 Å². The molecule has 176 valence electrons. The molecule has 7 nitrogen and oxygen atoms in total. The smallest absolute Gasteiger partial charge is 0.232 e. The molecule has 2 aromatic heterocycles. The lowest BCUT2D eigenvalue weighted by atomic mass is 9.79. The Labute approximate surface area is 210 Å². The Kier molecular flexibility index (Phi) is 7.20. The Morgan fingerprint density at radius 1 is 0.971 bits per heavy atom. The minimum absolute atomic E-state index is 0.122. The quantitative estimate of drug-likeness (QED) is 0.275. The van der Waals surface area contributed by atoms with Gasteiger partial charge in [0.2, 0.25) is 5.95 Å². The van der Waals surface area contributed by atoms with E-state index in [1.54, 1.807) is 12.4 Å². The second-order valence-electron chi connectivity index (χ2n) is 8.88. The molecular weight excluding hydrogens is 462 g/mol. The van der Waals surface area contributed by atoms with Crippen LogP contribution in [0.4, 0.5) is 11.8 Å². The molecule has 0 unspecified atom stereocenters. The summed E-state index contributed by atoms with van der Waals surface area (Å²) in [6.07, 6.45) is 10.7. The lowest BCUT2D eigenvalue weighted by Gasteiger charge is -2.30. The summed E-state index contributed by atoms with van der Waals surface area (Å²) in [6, 6.07) is 14.6. The average molecular weight is 492 g/mol. The molecule has 3 heterocycles. The van der Waals surface area contributed by atoms with Gasteiger partial charge in [-0.15, -0.1) is 0 Å². The number of anilines is 2. The van der Waals surface area contributed by atoms with Crippen molar-refractivity contribution in [2.45, 2.75) is 54.1 Å². The zero-order chi connectivity index (χ0) is 23.2. The molecule has 1 aliphatic carbocycles. The van der Waals surface area contributed by atoms with E-state index in [9.17, 15) is 0 Å². The highest BCUT2D eigenvalue weighted by Crippen LogP contribution is 2.40. The summed E-state index contributed by atoms with van der Waals surface area (Å²) in [4.78, 5) is 20.4. The molecule has 1 saturated carbocycles. The van der Waals surface area contributed by atoms with Gasteiger partial charge in [0.05, 0.1) is 0 Å². The van der Waals surface area contributed by atoms with E-state index in [0.717, 1.165) is 30.5 Å². The fraction of sp³-hybridized carbons (Fsp3) is 0.400. The van der Waals surface area contributed by atoms with Gasteiger partial charge in [0.25, 0.3) is 0 Å². The molecule has 9 heteroatoms. The molecule has 34 heavy (non-hydrogen) atoms. The first-order valence-electron chi connectivity index (χ1n) is 11.9. The Balaban J connectivity index is 1.31. The molecule has 0 radical (unpaired) electrons. The van der Waals surface area contributed by atoms with Crippen LogP contribution < -0.4 is 15.5 Å². The van der Waals surface area contributed by atoms with E-state index in [1.165, 1.54) is 55.9 Å². The van der Waals surface area contributed by atoms with E-state index >= 15 is 0 Å². The van der Waals surface area contributed by atoms with E-state index in [0.29, 0.717) is 16.2 Å². The first kappa shape index (κ1) is 23.0. The fourth-order valence-corrected chi connectivity index (χ4v) is 5.74. The Hall–Kier alpha value is -2.78. The van der Waals surface area contributed by atoms with Crippen LogP contribution in [0.25, 0.3) is 0 Å². The standard InChI is InChI=1S/C25H29N7S2/c33-23(28-18-25(11-4-5-12-25)19-9-2-1-3-10-19)31-22-29-20(32-15-6-7-16-32)17-21(30-22)34-24-26-13-8-14-27-24/h1-3,8-10,13-14,17H,4-7,11-12,15-16,18H2,(H2,28,29,30,31,33). The molecule has 1 aromatic carbocycles. The highest BCUT2D eigenvalue weighted by atomic mass is 32.2. The summed E-state index contributed by atoms with van der Waals surface area (Å²) in [7, 11) is 0. The largest absolute Gasteiger partial charge is 0.361 e. The number of nitrogens with one attached hydrogen (secondary N) is 2. The Bertz CT molecular complexity index is 1100. The van der Waals surface area contributed by atoms with Crippen molar-refractivity contribution in [1.82, 2.24) is 25.3 Å². The second-order valence-corrected chi connectivity index (χ2v) is 10.3. The van der Waals surface area contributed by atoms with Crippen LogP contribution in [0.5, 0.6) is 0 Å². The van der Waals surface area contributed by atoms with Gasteiger partial charge in [0.1, 0.15) is 10.8 Å². The summed E-state index contributed by atoms with van der Waals surface area (Å²) in [5.74, 6) is 1.41. The third-order valence-electron chi connectivity index (χ3n) is 6.62. The number of thiocarbonyl (C=S) groups is 1.